The van der Waals surface area contributed by atoms with E-state index in [4.69, 9.17) is 0 Å². The van der Waals surface area contributed by atoms with Crippen LogP contribution in [0.4, 0.5) is 4.39 Å². The highest BCUT2D eigenvalue weighted by Crippen LogP contribution is 2.06. The lowest BCUT2D eigenvalue weighted by Gasteiger charge is -2.19. The molecule has 0 spiro atoms. The van der Waals surface area contributed by atoms with Gasteiger partial charge in [0.1, 0.15) is 5.82 Å². The van der Waals surface area contributed by atoms with Crippen molar-refractivity contribution in [1.82, 2.24) is 10.2 Å². The highest BCUT2D eigenvalue weighted by atomic mass is 19.1. The number of halogens is 1. The molecule has 1 aromatic carbocycles. The van der Waals surface area contributed by atoms with Gasteiger partial charge in [-0.15, -0.1) is 0 Å². The molecule has 0 aliphatic heterocycles. The van der Waals surface area contributed by atoms with Gasteiger partial charge in [0.15, 0.2) is 0 Å². The maximum Gasteiger partial charge on any atom is 0.123 e. The predicted octanol–water partition coefficient (Wildman–Crippen LogP) is 3.08. The number of rotatable bonds is 9. The summed E-state index contributed by atoms with van der Waals surface area (Å²) in [5.74, 6) is -0.147. The smallest absolute Gasteiger partial charge is 0.123 e. The standard InChI is InChI=1S/C16H27FN2/c1-4-19(5-2)11-7-10-18-14(3)12-15-8-6-9-16(17)13-15/h6,8-9,13-14,18H,4-5,7,10-12H2,1-3H3. The van der Waals surface area contributed by atoms with Gasteiger partial charge < -0.3 is 10.2 Å². The molecule has 0 saturated carbocycles. The van der Waals surface area contributed by atoms with E-state index < -0.39 is 0 Å². The van der Waals surface area contributed by atoms with E-state index in [0.717, 1.165) is 44.6 Å². The van der Waals surface area contributed by atoms with Crippen LogP contribution < -0.4 is 5.32 Å². The third-order valence-corrected chi connectivity index (χ3v) is 3.47. The molecule has 0 heterocycles. The van der Waals surface area contributed by atoms with Crippen molar-refractivity contribution in [3.63, 3.8) is 0 Å². The molecule has 0 radical (unpaired) electrons. The molecular formula is C16H27FN2. The van der Waals surface area contributed by atoms with Crippen LogP contribution in [0.15, 0.2) is 24.3 Å². The summed E-state index contributed by atoms with van der Waals surface area (Å²) in [6.45, 7) is 11.0. The van der Waals surface area contributed by atoms with Crippen molar-refractivity contribution >= 4 is 0 Å². The van der Waals surface area contributed by atoms with Gasteiger partial charge in [0.25, 0.3) is 0 Å². The fourth-order valence-electron chi connectivity index (χ4n) is 2.28. The van der Waals surface area contributed by atoms with Gasteiger partial charge in [-0.1, -0.05) is 26.0 Å². The minimum Gasteiger partial charge on any atom is -0.314 e. The van der Waals surface area contributed by atoms with Crippen LogP contribution in [0.3, 0.4) is 0 Å². The average Bonchev–Trinajstić information content (AvgIpc) is 2.39. The summed E-state index contributed by atoms with van der Waals surface area (Å²) >= 11 is 0. The Morgan fingerprint density at radius 1 is 1.26 bits per heavy atom. The first-order chi connectivity index (χ1) is 9.15. The molecule has 0 saturated heterocycles. The summed E-state index contributed by atoms with van der Waals surface area (Å²) in [7, 11) is 0. The van der Waals surface area contributed by atoms with Crippen LogP contribution in [-0.4, -0.2) is 37.1 Å². The van der Waals surface area contributed by atoms with Crippen LogP contribution in [0.5, 0.6) is 0 Å². The van der Waals surface area contributed by atoms with E-state index in [1.807, 2.05) is 6.07 Å². The molecule has 0 amide bonds. The topological polar surface area (TPSA) is 15.3 Å². The number of hydrogen-bond donors (Lipinski definition) is 1. The lowest BCUT2D eigenvalue weighted by Crippen LogP contribution is -2.32. The van der Waals surface area contributed by atoms with E-state index in [0.29, 0.717) is 6.04 Å². The molecule has 0 aliphatic rings. The molecule has 0 aromatic heterocycles. The van der Waals surface area contributed by atoms with Gasteiger partial charge in [-0.25, -0.2) is 4.39 Å². The lowest BCUT2D eigenvalue weighted by atomic mass is 10.1. The summed E-state index contributed by atoms with van der Waals surface area (Å²) in [6, 6.07) is 7.26. The monoisotopic (exact) mass is 266 g/mol. The van der Waals surface area contributed by atoms with Crippen molar-refractivity contribution in [3.8, 4) is 0 Å². The van der Waals surface area contributed by atoms with Crippen LogP contribution >= 0.6 is 0 Å². The maximum absolute atomic E-state index is 13.1. The van der Waals surface area contributed by atoms with Crippen molar-refractivity contribution in [1.29, 1.82) is 0 Å². The van der Waals surface area contributed by atoms with Gasteiger partial charge in [0.2, 0.25) is 0 Å². The quantitative estimate of drug-likeness (QED) is 0.691. The Hall–Kier alpha value is -0.930. The van der Waals surface area contributed by atoms with Crippen LogP contribution in [0, 0.1) is 5.82 Å². The molecule has 2 nitrogen and oxygen atoms in total. The Morgan fingerprint density at radius 3 is 2.63 bits per heavy atom. The van der Waals surface area contributed by atoms with E-state index in [9.17, 15) is 4.39 Å². The highest BCUT2D eigenvalue weighted by Gasteiger charge is 2.04. The van der Waals surface area contributed by atoms with E-state index in [2.05, 4.69) is 31.0 Å². The maximum atomic E-state index is 13.1. The largest absolute Gasteiger partial charge is 0.314 e. The van der Waals surface area contributed by atoms with E-state index in [1.165, 1.54) is 6.07 Å². The highest BCUT2D eigenvalue weighted by molar-refractivity contribution is 5.17. The van der Waals surface area contributed by atoms with Crippen LogP contribution in [0.1, 0.15) is 32.8 Å². The Labute approximate surface area is 117 Å². The Morgan fingerprint density at radius 2 is 2.00 bits per heavy atom. The van der Waals surface area contributed by atoms with Crippen molar-refractivity contribution in [2.45, 2.75) is 39.7 Å². The zero-order valence-corrected chi connectivity index (χ0v) is 12.5. The second-order valence-corrected chi connectivity index (χ2v) is 5.07. The number of nitrogens with one attached hydrogen (secondary N) is 1. The van der Waals surface area contributed by atoms with E-state index in [-0.39, 0.29) is 5.82 Å². The normalized spacial score (nSPS) is 12.9. The zero-order valence-electron chi connectivity index (χ0n) is 12.5. The Balaban J connectivity index is 2.19. The summed E-state index contributed by atoms with van der Waals surface area (Å²) < 4.78 is 13.1. The number of hydrogen-bond acceptors (Lipinski definition) is 2. The average molecular weight is 266 g/mol. The predicted molar refractivity (Wildman–Crippen MR) is 80.0 cm³/mol. The summed E-state index contributed by atoms with van der Waals surface area (Å²) in [6.07, 6.45) is 2.04. The zero-order chi connectivity index (χ0) is 14.1. The molecule has 1 rings (SSSR count). The molecular weight excluding hydrogens is 239 g/mol. The van der Waals surface area contributed by atoms with Gasteiger partial charge in [0, 0.05) is 6.04 Å². The Kier molecular flexibility index (Phi) is 7.68. The van der Waals surface area contributed by atoms with Crippen molar-refractivity contribution in [3.05, 3.63) is 35.6 Å². The molecule has 1 N–H and O–H groups in total. The van der Waals surface area contributed by atoms with E-state index >= 15 is 0 Å². The van der Waals surface area contributed by atoms with Crippen LogP contribution in [0.25, 0.3) is 0 Å². The first-order valence-corrected chi connectivity index (χ1v) is 7.35. The molecule has 108 valence electrons. The summed E-state index contributed by atoms with van der Waals surface area (Å²) in [5, 5.41) is 3.50. The molecule has 1 atom stereocenters. The van der Waals surface area contributed by atoms with Crippen LogP contribution in [-0.2, 0) is 6.42 Å². The molecule has 0 aliphatic carbocycles. The fraction of sp³-hybridized carbons (Fsp3) is 0.625. The Bertz CT molecular complexity index is 350. The van der Waals surface area contributed by atoms with Gasteiger partial charge in [-0.3, -0.25) is 0 Å². The third kappa shape index (κ3) is 6.69. The van der Waals surface area contributed by atoms with Crippen molar-refractivity contribution in [2.75, 3.05) is 26.2 Å². The van der Waals surface area contributed by atoms with Crippen molar-refractivity contribution in [2.24, 2.45) is 0 Å². The molecule has 19 heavy (non-hydrogen) atoms. The molecule has 0 bridgehead atoms. The molecule has 3 heteroatoms. The minimum absolute atomic E-state index is 0.147. The summed E-state index contributed by atoms with van der Waals surface area (Å²) in [5.41, 5.74) is 1.06. The van der Waals surface area contributed by atoms with Gasteiger partial charge in [-0.2, -0.15) is 0 Å². The SMILES string of the molecule is CCN(CC)CCCNC(C)Cc1cccc(F)c1. The van der Waals surface area contributed by atoms with Crippen molar-refractivity contribution < 1.29 is 4.39 Å². The number of benzene rings is 1. The van der Waals surface area contributed by atoms with Gasteiger partial charge >= 0.3 is 0 Å². The van der Waals surface area contributed by atoms with Gasteiger partial charge in [0.05, 0.1) is 0 Å². The lowest BCUT2D eigenvalue weighted by molar-refractivity contribution is 0.296. The number of nitrogens with zero attached hydrogens (tertiary/aromatic N) is 1. The van der Waals surface area contributed by atoms with Crippen LogP contribution in [0.2, 0.25) is 0 Å². The molecule has 1 aromatic rings. The first-order valence-electron chi connectivity index (χ1n) is 7.35. The van der Waals surface area contributed by atoms with E-state index in [1.54, 1.807) is 12.1 Å². The molecule has 1 unspecified atom stereocenters. The fourth-order valence-corrected chi connectivity index (χ4v) is 2.28. The molecule has 0 fully saturated rings. The minimum atomic E-state index is -0.147. The summed E-state index contributed by atoms with van der Waals surface area (Å²) in [4.78, 5) is 2.43. The first kappa shape index (κ1) is 16.1. The second kappa shape index (κ2) is 9.05. The van der Waals surface area contributed by atoms with Gasteiger partial charge in [-0.05, 0) is 63.6 Å². The second-order valence-electron chi connectivity index (χ2n) is 5.07. The third-order valence-electron chi connectivity index (χ3n) is 3.47.